The lowest BCUT2D eigenvalue weighted by molar-refractivity contribution is -0.301. The van der Waals surface area contributed by atoms with Crippen LogP contribution >= 0.6 is 0 Å². The normalized spacial score (nSPS) is 26.7. The molecule has 0 amide bonds. The van der Waals surface area contributed by atoms with Crippen LogP contribution in [0, 0.1) is 11.2 Å². The molecule has 3 aromatic rings. The third kappa shape index (κ3) is 4.54. The molecule has 0 radical (unpaired) electrons. The van der Waals surface area contributed by atoms with E-state index in [4.69, 9.17) is 14.2 Å². The van der Waals surface area contributed by atoms with Crippen LogP contribution in [0.4, 0.5) is 26.3 Å². The Hall–Kier alpha value is -4.01. The van der Waals surface area contributed by atoms with E-state index in [1.807, 2.05) is 0 Å². The Labute approximate surface area is 246 Å². The van der Waals surface area contributed by atoms with E-state index in [2.05, 4.69) is 19.6 Å². The lowest BCUT2D eigenvalue weighted by Crippen LogP contribution is -2.71. The van der Waals surface area contributed by atoms with Crippen LogP contribution in [0.3, 0.4) is 0 Å². The molecule has 2 aromatic heterocycles. The number of benzene rings is 1. The Balaban J connectivity index is 1.18. The quantitative estimate of drug-likeness (QED) is 0.221. The van der Waals surface area contributed by atoms with E-state index in [9.17, 15) is 31.1 Å². The van der Waals surface area contributed by atoms with E-state index >= 15 is 0 Å². The molecule has 1 aromatic carbocycles. The Morgan fingerprint density at radius 1 is 1.11 bits per heavy atom. The lowest BCUT2D eigenvalue weighted by atomic mass is 9.41. The van der Waals surface area contributed by atoms with Crippen LogP contribution in [-0.2, 0) is 26.9 Å². The molecule has 9 nitrogen and oxygen atoms in total. The fraction of sp³-hybridized carbons (Fsp3) is 0.483. The van der Waals surface area contributed by atoms with Crippen LogP contribution in [-0.4, -0.2) is 39.7 Å². The number of hydrogen-bond acceptors (Lipinski definition) is 8. The van der Waals surface area contributed by atoms with Crippen LogP contribution in [0.5, 0.6) is 17.2 Å². The van der Waals surface area contributed by atoms with Gasteiger partial charge < -0.3 is 23.7 Å². The van der Waals surface area contributed by atoms with Crippen molar-refractivity contribution in [2.45, 2.75) is 75.7 Å². The number of halogens is 6. The predicted octanol–water partition coefficient (Wildman–Crippen LogP) is 6.38. The molecule has 3 heterocycles. The standard InChI is InChI=1S/C29H25F6N3O6/c1-14(18-7-21-22(8-19(18)30)44-29(34,35)43-21)41-16-6-15(9-36-10-16)38-23-17(24(37-38)28(31,32)33)4-3-5-20(23)42-27-11-26(12-27,13-27)25(39)40-2/h6-10,14,20H,3-5,11-13H2,1-2H3/t14-,20?,26?,27?/m0/s1. The number of nitrogens with zero attached hydrogens (tertiary/aromatic N) is 3. The first-order valence-corrected chi connectivity index (χ1v) is 13.9. The van der Waals surface area contributed by atoms with Gasteiger partial charge in [0.2, 0.25) is 0 Å². The molecule has 1 aliphatic heterocycles. The summed E-state index contributed by atoms with van der Waals surface area (Å²) in [5.74, 6) is -1.98. The number of hydrogen-bond donors (Lipinski definition) is 0. The summed E-state index contributed by atoms with van der Waals surface area (Å²) in [6.07, 6.45) is -5.47. The summed E-state index contributed by atoms with van der Waals surface area (Å²) in [5.41, 5.74) is -1.93. The summed E-state index contributed by atoms with van der Waals surface area (Å²) in [6.45, 7) is 1.46. The largest absolute Gasteiger partial charge is 0.586 e. The van der Waals surface area contributed by atoms with Gasteiger partial charge in [-0.2, -0.15) is 18.3 Å². The van der Waals surface area contributed by atoms with Crippen molar-refractivity contribution in [2.24, 2.45) is 5.41 Å². The maximum atomic E-state index is 14.8. The summed E-state index contributed by atoms with van der Waals surface area (Å²) in [7, 11) is 1.32. The Bertz CT molecular complexity index is 1650. The van der Waals surface area contributed by atoms with E-state index in [0.29, 0.717) is 32.1 Å². The maximum Gasteiger partial charge on any atom is 0.586 e. The average Bonchev–Trinajstić information content (AvgIpc) is 3.45. The first-order chi connectivity index (χ1) is 20.7. The molecule has 0 saturated heterocycles. The first-order valence-electron chi connectivity index (χ1n) is 13.9. The van der Waals surface area contributed by atoms with Crippen LogP contribution in [0.1, 0.15) is 73.8 Å². The van der Waals surface area contributed by atoms with Crippen LogP contribution in [0.2, 0.25) is 0 Å². The number of carbonyl (C=O) groups excluding carboxylic acids is 1. The summed E-state index contributed by atoms with van der Waals surface area (Å²) in [4.78, 5) is 16.2. The number of pyridine rings is 1. The Kier molecular flexibility index (Phi) is 6.20. The second-order valence-electron chi connectivity index (χ2n) is 11.7. The van der Waals surface area contributed by atoms with Crippen molar-refractivity contribution in [1.82, 2.24) is 14.8 Å². The van der Waals surface area contributed by atoms with Gasteiger partial charge in [0.05, 0.1) is 41.9 Å². The van der Waals surface area contributed by atoms with Gasteiger partial charge in [0.1, 0.15) is 23.8 Å². The molecule has 0 spiro atoms. The van der Waals surface area contributed by atoms with Gasteiger partial charge in [0.15, 0.2) is 17.2 Å². The van der Waals surface area contributed by atoms with Crippen molar-refractivity contribution in [2.75, 3.05) is 7.11 Å². The van der Waals surface area contributed by atoms with Gasteiger partial charge in [-0.15, -0.1) is 8.78 Å². The highest BCUT2D eigenvalue weighted by molar-refractivity contribution is 5.81. The first kappa shape index (κ1) is 28.7. The molecule has 5 aliphatic rings. The molecule has 2 bridgehead atoms. The molecule has 15 heteroatoms. The molecule has 2 atom stereocenters. The summed E-state index contributed by atoms with van der Waals surface area (Å²) in [5, 5.41) is 3.95. The number of ether oxygens (including phenoxy) is 5. The molecule has 1 unspecified atom stereocenters. The third-order valence-electron chi connectivity index (χ3n) is 8.70. The van der Waals surface area contributed by atoms with E-state index in [-0.39, 0.29) is 46.4 Å². The van der Waals surface area contributed by atoms with Gasteiger partial charge in [-0.3, -0.25) is 9.78 Å². The molecule has 0 N–H and O–H groups in total. The second kappa shape index (κ2) is 9.49. The highest BCUT2D eigenvalue weighted by Gasteiger charge is 2.74. The van der Waals surface area contributed by atoms with E-state index in [1.165, 1.54) is 32.5 Å². The van der Waals surface area contributed by atoms with Crippen molar-refractivity contribution in [3.63, 3.8) is 0 Å². The number of methoxy groups -OCH3 is 1. The molecule has 3 saturated carbocycles. The SMILES string of the molecule is COC(=O)C12CC(OC3CCCc4c(C(F)(F)F)nn(-c5cncc(O[C@@H](C)c6cc7c(cc6F)OC(F)(F)O7)c5)c43)(C1)C2. The van der Waals surface area contributed by atoms with Crippen molar-refractivity contribution in [1.29, 1.82) is 0 Å². The highest BCUT2D eigenvalue weighted by atomic mass is 19.4. The minimum absolute atomic E-state index is 0.0296. The lowest BCUT2D eigenvalue weighted by Gasteiger charge is -2.68. The maximum absolute atomic E-state index is 14.8. The number of fused-ring (bicyclic) bond motifs is 2. The number of aromatic nitrogens is 3. The highest BCUT2D eigenvalue weighted by Crippen LogP contribution is 2.70. The third-order valence-corrected chi connectivity index (χ3v) is 8.70. The van der Waals surface area contributed by atoms with Gasteiger partial charge in [0.25, 0.3) is 0 Å². The molecule has 8 rings (SSSR count). The zero-order valence-electron chi connectivity index (χ0n) is 23.3. The minimum atomic E-state index is -4.73. The smallest absolute Gasteiger partial charge is 0.484 e. The van der Waals surface area contributed by atoms with E-state index < -0.39 is 53.0 Å². The molecule has 234 valence electrons. The average molecular weight is 626 g/mol. The van der Waals surface area contributed by atoms with Crippen LogP contribution in [0.15, 0.2) is 30.6 Å². The Morgan fingerprint density at radius 3 is 2.50 bits per heavy atom. The molecular formula is C29H25F6N3O6. The molecular weight excluding hydrogens is 600 g/mol. The van der Waals surface area contributed by atoms with Crippen molar-refractivity contribution < 1.29 is 54.8 Å². The number of esters is 1. The number of alkyl halides is 5. The van der Waals surface area contributed by atoms with Gasteiger partial charge >= 0.3 is 18.4 Å². The molecule has 44 heavy (non-hydrogen) atoms. The zero-order chi connectivity index (χ0) is 31.2. The van der Waals surface area contributed by atoms with E-state index in [1.54, 1.807) is 0 Å². The topological polar surface area (TPSA) is 93.9 Å². The van der Waals surface area contributed by atoms with Gasteiger partial charge in [-0.25, -0.2) is 9.07 Å². The second-order valence-corrected chi connectivity index (χ2v) is 11.7. The summed E-state index contributed by atoms with van der Waals surface area (Å²) in [6, 6.07) is 3.19. The molecule has 4 aliphatic carbocycles. The van der Waals surface area contributed by atoms with Crippen LogP contribution in [0.25, 0.3) is 5.69 Å². The number of rotatable bonds is 7. The monoisotopic (exact) mass is 625 g/mol. The van der Waals surface area contributed by atoms with E-state index in [0.717, 1.165) is 16.8 Å². The van der Waals surface area contributed by atoms with Crippen molar-refractivity contribution in [3.8, 4) is 22.9 Å². The number of carbonyl (C=O) groups is 1. The van der Waals surface area contributed by atoms with Gasteiger partial charge in [0, 0.05) is 23.3 Å². The predicted molar refractivity (Wildman–Crippen MR) is 136 cm³/mol. The molecule has 3 fully saturated rings. The fourth-order valence-electron chi connectivity index (χ4n) is 6.89. The Morgan fingerprint density at radius 2 is 1.82 bits per heavy atom. The summed E-state index contributed by atoms with van der Waals surface area (Å²) >= 11 is 0. The van der Waals surface area contributed by atoms with Gasteiger partial charge in [-0.1, -0.05) is 0 Å². The minimum Gasteiger partial charge on any atom is -0.484 e. The fourth-order valence-corrected chi connectivity index (χ4v) is 6.89. The van der Waals surface area contributed by atoms with Crippen LogP contribution < -0.4 is 14.2 Å². The summed E-state index contributed by atoms with van der Waals surface area (Å²) < 4.78 is 111. The van der Waals surface area contributed by atoms with Gasteiger partial charge in [-0.05, 0) is 51.5 Å². The zero-order valence-corrected chi connectivity index (χ0v) is 23.3. The van der Waals surface area contributed by atoms with Crippen molar-refractivity contribution >= 4 is 5.97 Å². The van der Waals surface area contributed by atoms with Crippen molar-refractivity contribution in [3.05, 3.63) is 58.9 Å².